The van der Waals surface area contributed by atoms with Gasteiger partial charge in [0.25, 0.3) is 0 Å². The van der Waals surface area contributed by atoms with Gasteiger partial charge in [-0.1, -0.05) is 0 Å². The van der Waals surface area contributed by atoms with E-state index in [2.05, 4.69) is 10.1 Å². The van der Waals surface area contributed by atoms with E-state index in [4.69, 9.17) is 5.11 Å². The van der Waals surface area contributed by atoms with E-state index in [0.29, 0.717) is 11.6 Å². The number of aromatic nitrogens is 3. The van der Waals surface area contributed by atoms with E-state index in [1.165, 1.54) is 10.7 Å². The Bertz CT molecular complexity index is 701. The number of hydrogen-bond donors (Lipinski definition) is 1. The van der Waals surface area contributed by atoms with E-state index >= 15 is 0 Å². The highest BCUT2D eigenvalue weighted by molar-refractivity contribution is 5.85. The maximum atomic E-state index is 11.3. The number of piperidine rings is 1. The Balaban J connectivity index is 1.81. The molecule has 1 saturated heterocycles. The van der Waals surface area contributed by atoms with Crippen LogP contribution in [0.25, 0.3) is 5.65 Å². The summed E-state index contributed by atoms with van der Waals surface area (Å²) in [6.45, 7) is 3.07. The fourth-order valence-electron chi connectivity index (χ4n) is 2.71. The van der Waals surface area contributed by atoms with Crippen molar-refractivity contribution in [1.82, 2.24) is 19.5 Å². The lowest BCUT2D eigenvalue weighted by Gasteiger charge is -2.30. The molecule has 110 valence electrons. The number of likely N-dealkylation sites (tertiary alicyclic amines) is 1. The third-order valence-electron chi connectivity index (χ3n) is 3.92. The number of carbonyl (C=O) groups is 2. The van der Waals surface area contributed by atoms with Gasteiger partial charge >= 0.3 is 5.97 Å². The minimum absolute atomic E-state index is 0.00829. The van der Waals surface area contributed by atoms with Gasteiger partial charge in [0.15, 0.2) is 11.3 Å². The monoisotopic (exact) mass is 288 g/mol. The Labute approximate surface area is 121 Å². The first-order chi connectivity index (χ1) is 10.0. The zero-order chi connectivity index (χ0) is 15.0. The van der Waals surface area contributed by atoms with E-state index in [1.54, 1.807) is 13.0 Å². The number of fused-ring (bicyclic) bond motifs is 1. The molecule has 3 rings (SSSR count). The molecule has 3 heterocycles. The van der Waals surface area contributed by atoms with Gasteiger partial charge in [0.05, 0.1) is 11.9 Å². The number of carboxylic acids is 1. The Morgan fingerprint density at radius 3 is 2.62 bits per heavy atom. The van der Waals surface area contributed by atoms with Gasteiger partial charge in [0.1, 0.15) is 0 Å². The average molecular weight is 288 g/mol. The normalized spacial score (nSPS) is 16.3. The first kappa shape index (κ1) is 13.5. The molecule has 0 aromatic carbocycles. The van der Waals surface area contributed by atoms with Crippen LogP contribution in [-0.4, -0.2) is 49.6 Å². The summed E-state index contributed by atoms with van der Waals surface area (Å²) < 4.78 is 1.51. The highest BCUT2D eigenvalue weighted by Crippen LogP contribution is 2.26. The Kier molecular flexibility index (Phi) is 3.32. The molecule has 1 amide bonds. The molecule has 0 atom stereocenters. The van der Waals surface area contributed by atoms with E-state index in [1.807, 2.05) is 11.0 Å². The van der Waals surface area contributed by atoms with Gasteiger partial charge in [-0.2, -0.15) is 5.10 Å². The van der Waals surface area contributed by atoms with Gasteiger partial charge in [-0.3, -0.25) is 4.79 Å². The highest BCUT2D eigenvalue weighted by Gasteiger charge is 2.23. The van der Waals surface area contributed by atoms with Crippen molar-refractivity contribution in [2.45, 2.75) is 25.7 Å². The van der Waals surface area contributed by atoms with Crippen LogP contribution in [0.15, 0.2) is 18.3 Å². The molecular formula is C14H16N4O3. The quantitative estimate of drug-likeness (QED) is 0.895. The summed E-state index contributed by atoms with van der Waals surface area (Å²) in [7, 11) is 0. The molecule has 0 saturated carbocycles. The smallest absolute Gasteiger partial charge is 0.356 e. The van der Waals surface area contributed by atoms with Crippen molar-refractivity contribution in [3.63, 3.8) is 0 Å². The van der Waals surface area contributed by atoms with Gasteiger partial charge in [0, 0.05) is 25.9 Å². The number of amides is 1. The number of aromatic carboxylic acids is 1. The minimum Gasteiger partial charge on any atom is -0.476 e. The first-order valence-electron chi connectivity index (χ1n) is 6.90. The minimum atomic E-state index is -1.06. The molecule has 7 heteroatoms. The molecule has 0 radical (unpaired) electrons. The summed E-state index contributed by atoms with van der Waals surface area (Å²) in [5.41, 5.74) is 1.43. The number of hydrogen-bond acceptors (Lipinski definition) is 4. The number of rotatable bonds is 2. The van der Waals surface area contributed by atoms with Crippen LogP contribution >= 0.6 is 0 Å². The largest absolute Gasteiger partial charge is 0.476 e. The van der Waals surface area contributed by atoms with Gasteiger partial charge < -0.3 is 10.0 Å². The lowest BCUT2D eigenvalue weighted by atomic mass is 9.93. The topological polar surface area (TPSA) is 87.8 Å². The second-order valence-corrected chi connectivity index (χ2v) is 5.27. The molecule has 1 N–H and O–H groups in total. The number of imidazole rings is 1. The van der Waals surface area contributed by atoms with Crippen molar-refractivity contribution >= 4 is 17.5 Å². The number of nitrogens with zero attached hydrogens (tertiary/aromatic N) is 4. The summed E-state index contributed by atoms with van der Waals surface area (Å²) >= 11 is 0. The number of carbonyl (C=O) groups excluding carboxylic acids is 1. The fourth-order valence-corrected chi connectivity index (χ4v) is 2.71. The third-order valence-corrected chi connectivity index (χ3v) is 3.92. The van der Waals surface area contributed by atoms with E-state index in [0.717, 1.165) is 31.6 Å². The Morgan fingerprint density at radius 1 is 1.29 bits per heavy atom. The van der Waals surface area contributed by atoms with Crippen LogP contribution in [0.5, 0.6) is 0 Å². The Morgan fingerprint density at radius 2 is 2.00 bits per heavy atom. The first-order valence-corrected chi connectivity index (χ1v) is 6.90. The third kappa shape index (κ3) is 2.58. The van der Waals surface area contributed by atoms with Crippen molar-refractivity contribution in [2.75, 3.05) is 13.1 Å². The second kappa shape index (κ2) is 5.16. The summed E-state index contributed by atoms with van der Waals surface area (Å²) in [6, 6.07) is 3.67. The molecule has 0 unspecified atom stereocenters. The van der Waals surface area contributed by atoms with Crippen LogP contribution in [0.3, 0.4) is 0 Å². The summed E-state index contributed by atoms with van der Waals surface area (Å²) in [6.07, 6.45) is 3.17. The number of carboxylic acid groups (broad SMARTS) is 1. The van der Waals surface area contributed by atoms with Crippen molar-refractivity contribution in [1.29, 1.82) is 0 Å². The molecule has 1 aliphatic heterocycles. The molecule has 0 bridgehead atoms. The van der Waals surface area contributed by atoms with Crippen LogP contribution in [0.1, 0.15) is 41.9 Å². The molecule has 21 heavy (non-hydrogen) atoms. The van der Waals surface area contributed by atoms with Crippen molar-refractivity contribution < 1.29 is 14.7 Å². The molecule has 2 aromatic heterocycles. The van der Waals surface area contributed by atoms with Crippen molar-refractivity contribution in [3.8, 4) is 0 Å². The average Bonchev–Trinajstić information content (AvgIpc) is 2.90. The molecule has 0 spiro atoms. The summed E-state index contributed by atoms with van der Waals surface area (Å²) in [5.74, 6) is -0.657. The summed E-state index contributed by atoms with van der Waals surface area (Å²) in [5, 5.41) is 13.4. The second-order valence-electron chi connectivity index (χ2n) is 5.27. The lowest BCUT2D eigenvalue weighted by molar-refractivity contribution is -0.129. The van der Waals surface area contributed by atoms with Crippen molar-refractivity contribution in [3.05, 3.63) is 29.7 Å². The molecule has 2 aromatic rings. The Hall–Kier alpha value is -2.44. The van der Waals surface area contributed by atoms with Crippen molar-refractivity contribution in [2.24, 2.45) is 0 Å². The highest BCUT2D eigenvalue weighted by atomic mass is 16.4. The van der Waals surface area contributed by atoms with Crippen LogP contribution in [0.4, 0.5) is 0 Å². The fraction of sp³-hybridized carbons (Fsp3) is 0.429. The van der Waals surface area contributed by atoms with E-state index in [9.17, 15) is 9.59 Å². The molecule has 0 aliphatic carbocycles. The zero-order valence-corrected chi connectivity index (χ0v) is 11.7. The molecule has 1 aliphatic rings. The standard InChI is InChI=1S/C14H16N4O3/c1-9(19)17-6-4-10(5-7-17)11-2-3-13-15-12(14(20)21)8-18(13)16-11/h2-3,8,10H,4-7H2,1H3,(H,20,21). The van der Waals surface area contributed by atoms with Gasteiger partial charge in [0.2, 0.25) is 5.91 Å². The predicted molar refractivity (Wildman–Crippen MR) is 74.2 cm³/mol. The SMILES string of the molecule is CC(=O)N1CCC(c2ccc3nc(C(=O)O)cn3n2)CC1. The molecule has 7 nitrogen and oxygen atoms in total. The van der Waals surface area contributed by atoms with E-state index in [-0.39, 0.29) is 11.6 Å². The zero-order valence-electron chi connectivity index (χ0n) is 11.7. The van der Waals surface area contributed by atoms with Crippen LogP contribution in [0.2, 0.25) is 0 Å². The van der Waals surface area contributed by atoms with Crippen LogP contribution in [-0.2, 0) is 4.79 Å². The summed E-state index contributed by atoms with van der Waals surface area (Å²) in [4.78, 5) is 28.1. The maximum Gasteiger partial charge on any atom is 0.356 e. The maximum absolute atomic E-state index is 11.3. The van der Waals surface area contributed by atoms with Gasteiger partial charge in [-0.25, -0.2) is 14.3 Å². The van der Waals surface area contributed by atoms with Crippen LogP contribution in [0, 0.1) is 0 Å². The van der Waals surface area contributed by atoms with E-state index < -0.39 is 5.97 Å². The predicted octanol–water partition coefficient (Wildman–Crippen LogP) is 1.15. The molecule has 1 fully saturated rings. The molecular weight excluding hydrogens is 272 g/mol. The van der Waals surface area contributed by atoms with Gasteiger partial charge in [-0.05, 0) is 25.0 Å². The lowest BCUT2D eigenvalue weighted by Crippen LogP contribution is -2.36. The van der Waals surface area contributed by atoms with Crippen LogP contribution < -0.4 is 0 Å². The van der Waals surface area contributed by atoms with Gasteiger partial charge in [-0.15, -0.1) is 0 Å².